The summed E-state index contributed by atoms with van der Waals surface area (Å²) in [6.07, 6.45) is 0.538. The summed E-state index contributed by atoms with van der Waals surface area (Å²) >= 11 is 0. The third-order valence-electron chi connectivity index (χ3n) is 0.952. The first-order chi connectivity index (χ1) is 4.22. The molecule has 0 aromatic heterocycles. The van der Waals surface area contributed by atoms with Gasteiger partial charge in [-0.1, -0.05) is 6.58 Å². The van der Waals surface area contributed by atoms with Crippen LogP contribution < -0.4 is 10.8 Å². The average molecular weight is 127 g/mol. The van der Waals surface area contributed by atoms with Crippen LogP contribution in [0.3, 0.4) is 0 Å². The highest BCUT2D eigenvalue weighted by Gasteiger charge is 1.88. The minimum Gasteiger partial charge on any atom is -0.859 e. The molecule has 0 rings (SSSR count). The van der Waals surface area contributed by atoms with Crippen LogP contribution in [0.2, 0.25) is 0 Å². The van der Waals surface area contributed by atoms with E-state index in [9.17, 15) is 5.11 Å². The van der Waals surface area contributed by atoms with Crippen molar-refractivity contribution in [1.82, 2.24) is 0 Å². The molecule has 3 nitrogen and oxygen atoms in total. The smallest absolute Gasteiger partial charge is 0.0269 e. The monoisotopic (exact) mass is 127 g/mol. The highest BCUT2D eigenvalue weighted by Crippen LogP contribution is 1.93. The summed E-state index contributed by atoms with van der Waals surface area (Å²) in [6, 6.07) is 0. The zero-order chi connectivity index (χ0) is 7.28. The van der Waals surface area contributed by atoms with Gasteiger partial charge in [0.1, 0.15) is 0 Å². The zero-order valence-corrected chi connectivity index (χ0v) is 5.55. The van der Waals surface area contributed by atoms with Crippen molar-refractivity contribution in [3.05, 3.63) is 12.2 Å². The van der Waals surface area contributed by atoms with E-state index >= 15 is 0 Å². The Hall–Kier alpha value is -0.830. The molecular formula is C6H11N2O-. The Balaban J connectivity index is 3.74. The van der Waals surface area contributed by atoms with E-state index in [0.29, 0.717) is 18.5 Å². The number of rotatable bonds is 3. The Morgan fingerprint density at radius 2 is 2.33 bits per heavy atom. The lowest BCUT2D eigenvalue weighted by Gasteiger charge is -2.10. The third-order valence-corrected chi connectivity index (χ3v) is 0.952. The van der Waals surface area contributed by atoms with Gasteiger partial charge in [-0.25, -0.2) is 0 Å². The molecule has 0 amide bonds. The molecule has 52 valence electrons. The third kappa shape index (κ3) is 2.87. The summed E-state index contributed by atoms with van der Waals surface area (Å²) < 4.78 is 0. The van der Waals surface area contributed by atoms with Crippen LogP contribution in [0.25, 0.3) is 0 Å². The van der Waals surface area contributed by atoms with E-state index in [1.165, 1.54) is 7.05 Å². The Labute approximate surface area is 54.9 Å². The Morgan fingerprint density at radius 3 is 2.67 bits per heavy atom. The zero-order valence-electron chi connectivity index (χ0n) is 5.55. The number of hydrogen-bond acceptors (Lipinski definition) is 3. The number of hydrogen-bond donors (Lipinski definition) is 1. The number of aliphatic imine (C=N–C) groups is 1. The van der Waals surface area contributed by atoms with E-state index in [4.69, 9.17) is 5.73 Å². The summed E-state index contributed by atoms with van der Waals surface area (Å²) in [4.78, 5) is 3.41. The SMILES string of the molecule is C=C(CCN)C([O-])=NC. The van der Waals surface area contributed by atoms with Crippen molar-refractivity contribution >= 4 is 5.90 Å². The fourth-order valence-electron chi connectivity index (χ4n) is 0.439. The molecule has 0 unspecified atom stereocenters. The summed E-state index contributed by atoms with van der Waals surface area (Å²) in [5.74, 6) is -0.250. The number of nitrogens with zero attached hydrogens (tertiary/aromatic N) is 1. The summed E-state index contributed by atoms with van der Waals surface area (Å²) in [5.41, 5.74) is 5.65. The van der Waals surface area contributed by atoms with Gasteiger partial charge in [0.2, 0.25) is 0 Å². The lowest BCUT2D eigenvalue weighted by Crippen LogP contribution is -2.20. The van der Waals surface area contributed by atoms with Crippen molar-refractivity contribution in [2.45, 2.75) is 6.42 Å². The molecular weight excluding hydrogens is 116 g/mol. The van der Waals surface area contributed by atoms with Gasteiger partial charge in [0.15, 0.2) is 0 Å². The standard InChI is InChI=1S/C6H12N2O/c1-5(3-4-7)6(9)8-2/h1,3-4,7H2,2H3,(H,8,9)/p-1. The highest BCUT2D eigenvalue weighted by molar-refractivity contribution is 5.88. The van der Waals surface area contributed by atoms with Crippen LogP contribution in [0.15, 0.2) is 17.1 Å². The molecule has 0 saturated heterocycles. The Kier molecular flexibility index (Phi) is 3.71. The van der Waals surface area contributed by atoms with Crippen molar-refractivity contribution in [2.75, 3.05) is 13.6 Å². The first-order valence-corrected chi connectivity index (χ1v) is 2.74. The Morgan fingerprint density at radius 1 is 1.78 bits per heavy atom. The second kappa shape index (κ2) is 4.09. The Bertz CT molecular complexity index is 129. The largest absolute Gasteiger partial charge is 0.859 e. The maximum absolute atomic E-state index is 10.6. The lowest BCUT2D eigenvalue weighted by atomic mass is 10.2. The maximum atomic E-state index is 10.6. The van der Waals surface area contributed by atoms with Crippen LogP contribution in [-0.4, -0.2) is 19.5 Å². The quantitative estimate of drug-likeness (QED) is 0.401. The van der Waals surface area contributed by atoms with Gasteiger partial charge in [-0.3, -0.25) is 0 Å². The first-order valence-electron chi connectivity index (χ1n) is 2.74. The van der Waals surface area contributed by atoms with E-state index in [2.05, 4.69) is 11.6 Å². The lowest BCUT2D eigenvalue weighted by molar-refractivity contribution is -0.213. The fraction of sp³-hybridized carbons (Fsp3) is 0.500. The summed E-state index contributed by atoms with van der Waals surface area (Å²) in [7, 11) is 1.45. The van der Waals surface area contributed by atoms with Crippen LogP contribution in [-0.2, 0) is 0 Å². The normalized spacial score (nSPS) is 11.6. The van der Waals surface area contributed by atoms with Gasteiger partial charge in [0.05, 0.1) is 0 Å². The molecule has 0 bridgehead atoms. The van der Waals surface area contributed by atoms with Crippen LogP contribution >= 0.6 is 0 Å². The molecule has 9 heavy (non-hydrogen) atoms. The molecule has 0 saturated carbocycles. The van der Waals surface area contributed by atoms with Crippen LogP contribution in [0.4, 0.5) is 0 Å². The van der Waals surface area contributed by atoms with E-state index in [-0.39, 0.29) is 5.90 Å². The summed E-state index contributed by atoms with van der Waals surface area (Å²) in [5, 5.41) is 10.6. The molecule has 0 aromatic rings. The average Bonchev–Trinajstić information content (AvgIpc) is 1.87. The van der Waals surface area contributed by atoms with Crippen molar-refractivity contribution in [3.8, 4) is 0 Å². The fourth-order valence-corrected chi connectivity index (χ4v) is 0.439. The molecule has 3 heteroatoms. The van der Waals surface area contributed by atoms with E-state index < -0.39 is 0 Å². The van der Waals surface area contributed by atoms with Crippen molar-refractivity contribution < 1.29 is 5.11 Å². The molecule has 2 N–H and O–H groups in total. The molecule has 0 aliphatic rings. The highest BCUT2D eigenvalue weighted by atomic mass is 16.3. The molecule has 0 radical (unpaired) electrons. The minimum atomic E-state index is -0.250. The van der Waals surface area contributed by atoms with Crippen LogP contribution in [0.5, 0.6) is 0 Å². The second-order valence-corrected chi connectivity index (χ2v) is 1.67. The molecule has 0 aromatic carbocycles. The minimum absolute atomic E-state index is 0.250. The van der Waals surface area contributed by atoms with Gasteiger partial charge in [0, 0.05) is 7.05 Å². The predicted octanol–water partition coefficient (Wildman–Crippen LogP) is -0.720. The topological polar surface area (TPSA) is 61.4 Å². The molecule has 0 aliphatic heterocycles. The van der Waals surface area contributed by atoms with Gasteiger partial charge in [-0.2, -0.15) is 0 Å². The van der Waals surface area contributed by atoms with Crippen molar-refractivity contribution in [1.29, 1.82) is 0 Å². The van der Waals surface area contributed by atoms with E-state index in [1.807, 2.05) is 0 Å². The van der Waals surface area contributed by atoms with E-state index in [0.717, 1.165) is 0 Å². The molecule has 0 atom stereocenters. The van der Waals surface area contributed by atoms with Gasteiger partial charge >= 0.3 is 0 Å². The predicted molar refractivity (Wildman–Crippen MR) is 36.2 cm³/mol. The first kappa shape index (κ1) is 8.17. The van der Waals surface area contributed by atoms with Gasteiger partial charge in [-0.05, 0) is 24.4 Å². The molecule has 0 spiro atoms. The van der Waals surface area contributed by atoms with Crippen molar-refractivity contribution in [3.63, 3.8) is 0 Å². The van der Waals surface area contributed by atoms with E-state index in [1.54, 1.807) is 0 Å². The molecule has 0 heterocycles. The van der Waals surface area contributed by atoms with Crippen LogP contribution in [0.1, 0.15) is 6.42 Å². The van der Waals surface area contributed by atoms with Crippen molar-refractivity contribution in [2.24, 2.45) is 10.7 Å². The van der Waals surface area contributed by atoms with Gasteiger partial charge < -0.3 is 15.8 Å². The molecule has 0 fully saturated rings. The van der Waals surface area contributed by atoms with Crippen LogP contribution in [0, 0.1) is 0 Å². The second-order valence-electron chi connectivity index (χ2n) is 1.67. The summed E-state index contributed by atoms with van der Waals surface area (Å²) in [6.45, 7) is 3.95. The maximum Gasteiger partial charge on any atom is 0.0269 e. The molecule has 0 aliphatic carbocycles. The van der Waals surface area contributed by atoms with Gasteiger partial charge in [-0.15, -0.1) is 0 Å². The van der Waals surface area contributed by atoms with Gasteiger partial charge in [0.25, 0.3) is 0 Å². The number of nitrogens with two attached hydrogens (primary N) is 1.